The highest BCUT2D eigenvalue weighted by molar-refractivity contribution is 7.97. The van der Waals surface area contributed by atoms with E-state index in [-0.39, 0.29) is 59.7 Å². The summed E-state index contributed by atoms with van der Waals surface area (Å²) < 4.78 is 40.2. The standard InChI is InChI=1S/C34H44F2N2O3S.C3H6O/c1-21(2)30-25(8-6-9-27(30)35)26-18-23(32(3,4)31(40)38-42-5)11-13-28(26)41-24-12-10-22(16-24)17-29(39)34(36)19-33(37-20-34)14-7-15-33;1-3(2)4/h6,8-9,11,13,18,21-22,24,37H,7,10,12,14-17,19-20H2,1-5H3,(H,38,40);1-2H3/t22-,24-,34+;/m1./s1. The number of amides is 1. The number of alkyl halides is 1. The van der Waals surface area contributed by atoms with Gasteiger partial charge in [-0.15, -0.1) is 0 Å². The molecular formula is C37H50F2N2O4S. The zero-order chi connectivity index (χ0) is 33.9. The Morgan fingerprint density at radius 3 is 2.39 bits per heavy atom. The monoisotopic (exact) mass is 656 g/mol. The number of ether oxygens (including phenoxy) is 1. The fraction of sp³-hybridized carbons (Fsp3) is 0.595. The Labute approximate surface area is 277 Å². The van der Waals surface area contributed by atoms with Crippen LogP contribution in [0.2, 0.25) is 0 Å². The van der Waals surface area contributed by atoms with Crippen LogP contribution in [-0.4, -0.2) is 47.6 Å². The largest absolute Gasteiger partial charge is 0.490 e. The number of hydrogen-bond donors (Lipinski definition) is 2. The SMILES string of the molecule is CC(C)=O.CSNC(=O)C(C)(C)c1ccc(O[C@@H]2CC[C@@H](CC(=O)[C@@]3(F)CNC4(CCC4)C3)C2)c(-c2cccc(F)c2C(C)C)c1. The van der Waals surface area contributed by atoms with E-state index in [2.05, 4.69) is 10.0 Å². The highest BCUT2D eigenvalue weighted by Gasteiger charge is 2.55. The van der Waals surface area contributed by atoms with Crippen molar-refractivity contribution in [2.45, 2.75) is 122 Å². The molecule has 2 N–H and O–H groups in total. The first-order valence-corrected chi connectivity index (χ1v) is 17.7. The molecule has 1 aliphatic heterocycles. The lowest BCUT2D eigenvalue weighted by molar-refractivity contribution is -0.131. The van der Waals surface area contributed by atoms with E-state index >= 15 is 8.78 Å². The van der Waals surface area contributed by atoms with Crippen LogP contribution < -0.4 is 14.8 Å². The number of carbonyl (C=O) groups is 3. The lowest BCUT2D eigenvalue weighted by atomic mass is 9.73. The fourth-order valence-corrected chi connectivity index (χ4v) is 7.47. The third kappa shape index (κ3) is 8.01. The zero-order valence-corrected chi connectivity index (χ0v) is 29.2. The molecule has 6 nitrogen and oxygen atoms in total. The first-order chi connectivity index (χ1) is 21.6. The number of ketones is 2. The quantitative estimate of drug-likeness (QED) is 0.252. The summed E-state index contributed by atoms with van der Waals surface area (Å²) in [5, 5.41) is 3.30. The number of halogens is 2. The summed E-state index contributed by atoms with van der Waals surface area (Å²) in [7, 11) is 0. The maximum atomic E-state index is 15.6. The van der Waals surface area contributed by atoms with Gasteiger partial charge >= 0.3 is 0 Å². The third-order valence-electron chi connectivity index (χ3n) is 9.82. The van der Waals surface area contributed by atoms with E-state index in [0.29, 0.717) is 24.2 Å². The van der Waals surface area contributed by atoms with Crippen molar-refractivity contribution in [1.82, 2.24) is 10.0 Å². The van der Waals surface area contributed by atoms with Crippen LogP contribution in [0.4, 0.5) is 8.78 Å². The second-order valence-electron chi connectivity index (χ2n) is 14.4. The maximum Gasteiger partial charge on any atom is 0.239 e. The van der Waals surface area contributed by atoms with Gasteiger partial charge < -0.3 is 14.8 Å². The molecule has 0 unspecified atom stereocenters. The summed E-state index contributed by atoms with van der Waals surface area (Å²) in [6.07, 6.45) is 7.46. The molecule has 46 heavy (non-hydrogen) atoms. The molecule has 2 aromatic carbocycles. The average Bonchev–Trinajstić information content (AvgIpc) is 3.57. The van der Waals surface area contributed by atoms with Gasteiger partial charge in [-0.05, 0) is 113 Å². The van der Waals surface area contributed by atoms with E-state index < -0.39 is 11.1 Å². The van der Waals surface area contributed by atoms with Crippen molar-refractivity contribution in [2.75, 3.05) is 12.8 Å². The van der Waals surface area contributed by atoms with E-state index in [4.69, 9.17) is 4.74 Å². The Balaban J connectivity index is 0.00000113. The van der Waals surface area contributed by atoms with Gasteiger partial charge in [0.05, 0.1) is 11.5 Å². The minimum atomic E-state index is -1.76. The van der Waals surface area contributed by atoms with E-state index in [9.17, 15) is 14.4 Å². The second kappa shape index (κ2) is 14.5. The Kier molecular flexibility index (Phi) is 11.4. The molecule has 0 aromatic heterocycles. The summed E-state index contributed by atoms with van der Waals surface area (Å²) in [4.78, 5) is 35.5. The van der Waals surface area contributed by atoms with Crippen LogP contribution >= 0.6 is 11.9 Å². The van der Waals surface area contributed by atoms with E-state index in [1.165, 1.54) is 31.9 Å². The molecular weight excluding hydrogens is 606 g/mol. The van der Waals surface area contributed by atoms with Crippen molar-refractivity contribution >= 4 is 29.4 Å². The zero-order valence-electron chi connectivity index (χ0n) is 28.4. The van der Waals surface area contributed by atoms with Gasteiger partial charge in [0.15, 0.2) is 11.5 Å². The van der Waals surface area contributed by atoms with Gasteiger partial charge in [0.1, 0.15) is 17.3 Å². The van der Waals surface area contributed by atoms with Crippen molar-refractivity contribution in [1.29, 1.82) is 0 Å². The van der Waals surface area contributed by atoms with E-state index in [1.54, 1.807) is 6.07 Å². The Hall–Kier alpha value is -2.78. The molecule has 1 amide bonds. The Morgan fingerprint density at radius 1 is 1.11 bits per heavy atom. The Bertz CT molecular complexity index is 1440. The van der Waals surface area contributed by atoms with Crippen molar-refractivity contribution in [3.8, 4) is 16.9 Å². The van der Waals surface area contributed by atoms with Crippen LogP contribution in [0.15, 0.2) is 36.4 Å². The molecule has 1 saturated heterocycles. The van der Waals surface area contributed by atoms with Crippen molar-refractivity contribution < 1.29 is 27.9 Å². The van der Waals surface area contributed by atoms with Gasteiger partial charge in [0.25, 0.3) is 0 Å². The fourth-order valence-electron chi connectivity index (χ4n) is 7.03. The lowest BCUT2D eigenvalue weighted by Gasteiger charge is -2.38. The van der Waals surface area contributed by atoms with E-state index in [1.807, 2.05) is 58.2 Å². The van der Waals surface area contributed by atoms with E-state index in [0.717, 1.165) is 48.8 Å². The predicted molar refractivity (Wildman–Crippen MR) is 181 cm³/mol. The van der Waals surface area contributed by atoms with Crippen LogP contribution in [0.5, 0.6) is 5.75 Å². The molecule has 2 saturated carbocycles. The molecule has 5 rings (SSSR count). The van der Waals surface area contributed by atoms with Crippen LogP contribution in [0.25, 0.3) is 11.1 Å². The van der Waals surface area contributed by atoms with Gasteiger partial charge in [0.2, 0.25) is 5.91 Å². The smallest absolute Gasteiger partial charge is 0.239 e. The third-order valence-corrected chi connectivity index (χ3v) is 10.2. The lowest BCUT2D eigenvalue weighted by Crippen LogP contribution is -2.46. The molecule has 1 heterocycles. The summed E-state index contributed by atoms with van der Waals surface area (Å²) in [6, 6.07) is 10.8. The van der Waals surface area contributed by atoms with Crippen molar-refractivity contribution in [2.24, 2.45) is 5.92 Å². The minimum absolute atomic E-state index is 0.0652. The molecule has 1 spiro atoms. The number of benzene rings is 2. The van der Waals surface area contributed by atoms with Crippen LogP contribution in [0.1, 0.15) is 110 Å². The number of carbonyl (C=O) groups excluding carboxylic acids is 3. The molecule has 9 heteroatoms. The van der Waals surface area contributed by atoms with Crippen LogP contribution in [-0.2, 0) is 19.8 Å². The highest BCUT2D eigenvalue weighted by atomic mass is 32.2. The number of nitrogens with one attached hydrogen (secondary N) is 2. The van der Waals surface area contributed by atoms with Crippen LogP contribution in [0.3, 0.4) is 0 Å². The molecule has 3 atom stereocenters. The molecule has 2 aliphatic carbocycles. The number of hydrogen-bond acceptors (Lipinski definition) is 6. The summed E-state index contributed by atoms with van der Waals surface area (Å²) in [5.41, 5.74) is 0.135. The first kappa shape index (κ1) is 36.1. The highest BCUT2D eigenvalue weighted by Crippen LogP contribution is 2.46. The van der Waals surface area contributed by atoms with Gasteiger partial charge in [-0.2, -0.15) is 0 Å². The Morgan fingerprint density at radius 2 is 1.80 bits per heavy atom. The summed E-state index contributed by atoms with van der Waals surface area (Å²) in [6.45, 7) is 10.9. The number of rotatable bonds is 10. The topological polar surface area (TPSA) is 84.5 Å². The first-order valence-electron chi connectivity index (χ1n) is 16.5. The van der Waals surface area contributed by atoms with Gasteiger partial charge in [-0.3, -0.25) is 14.3 Å². The van der Waals surface area contributed by atoms with Crippen LogP contribution in [0, 0.1) is 11.7 Å². The van der Waals surface area contributed by atoms with Gasteiger partial charge in [-0.1, -0.05) is 44.0 Å². The average molecular weight is 657 g/mol. The molecule has 252 valence electrons. The summed E-state index contributed by atoms with van der Waals surface area (Å²) in [5.74, 6) is 0.130. The van der Waals surface area contributed by atoms with Gasteiger partial charge in [0, 0.05) is 36.7 Å². The maximum absolute atomic E-state index is 15.6. The van der Waals surface area contributed by atoms with Crippen molar-refractivity contribution in [3.63, 3.8) is 0 Å². The van der Waals surface area contributed by atoms with Crippen molar-refractivity contribution in [3.05, 3.63) is 53.3 Å². The second-order valence-corrected chi connectivity index (χ2v) is 15.0. The number of Topliss-reactive ketones (excluding diaryl/α,β-unsaturated/α-hetero) is 2. The molecule has 0 bridgehead atoms. The normalized spacial score (nSPS) is 23.4. The molecule has 2 aromatic rings. The molecule has 0 radical (unpaired) electrons. The predicted octanol–water partition coefficient (Wildman–Crippen LogP) is 8.01. The minimum Gasteiger partial charge on any atom is -0.490 e. The molecule has 3 aliphatic rings. The molecule has 3 fully saturated rings. The summed E-state index contributed by atoms with van der Waals surface area (Å²) >= 11 is 1.26. The van der Waals surface area contributed by atoms with Gasteiger partial charge in [-0.25, -0.2) is 8.78 Å².